The predicted molar refractivity (Wildman–Crippen MR) is 160 cm³/mol. The molecule has 0 aliphatic carbocycles. The van der Waals surface area contributed by atoms with E-state index in [1.165, 1.54) is 0 Å². The van der Waals surface area contributed by atoms with Gasteiger partial charge in [0.15, 0.2) is 12.1 Å². The number of benzene rings is 2. The highest BCUT2D eigenvalue weighted by Crippen LogP contribution is 2.27. The van der Waals surface area contributed by atoms with Crippen molar-refractivity contribution in [2.75, 3.05) is 13.2 Å². The van der Waals surface area contributed by atoms with Gasteiger partial charge in [-0.3, -0.25) is 0 Å². The summed E-state index contributed by atoms with van der Waals surface area (Å²) in [6, 6.07) is 18.3. The van der Waals surface area contributed by atoms with Gasteiger partial charge >= 0.3 is 0 Å². The normalized spacial score (nSPS) is 22.7. The van der Waals surface area contributed by atoms with E-state index < -0.39 is 12.1 Å². The van der Waals surface area contributed by atoms with Gasteiger partial charge in [0.2, 0.25) is 23.6 Å². The van der Waals surface area contributed by atoms with Crippen LogP contribution in [0.4, 0.5) is 0 Å². The highest BCUT2D eigenvalue weighted by atomic mass is 16.5. The zero-order chi connectivity index (χ0) is 28.5. The van der Waals surface area contributed by atoms with Gasteiger partial charge in [0.25, 0.3) is 0 Å². The van der Waals surface area contributed by atoms with Crippen molar-refractivity contribution < 1.29 is 18.9 Å². The number of hydrogen-bond acceptors (Lipinski definition) is 8. The van der Waals surface area contributed by atoms with Crippen molar-refractivity contribution >= 4 is 23.6 Å². The first-order valence-corrected chi connectivity index (χ1v) is 14.3. The largest absolute Gasteiger partial charge is 0.480 e. The van der Waals surface area contributed by atoms with E-state index in [-0.39, 0.29) is 23.9 Å². The summed E-state index contributed by atoms with van der Waals surface area (Å²) < 4.78 is 24.8. The molecule has 4 atom stereocenters. The third kappa shape index (κ3) is 7.29. The maximum absolute atomic E-state index is 6.39. The van der Waals surface area contributed by atoms with Crippen LogP contribution in [0, 0.1) is 11.8 Å². The van der Waals surface area contributed by atoms with E-state index in [1.807, 2.05) is 74.5 Å². The van der Waals surface area contributed by atoms with Gasteiger partial charge in [-0.1, -0.05) is 88.4 Å². The second kappa shape index (κ2) is 14.1. The molecule has 8 nitrogen and oxygen atoms in total. The number of nitrogens with zero attached hydrogens (tertiary/aromatic N) is 4. The van der Waals surface area contributed by atoms with E-state index >= 15 is 0 Å². The van der Waals surface area contributed by atoms with Crippen LogP contribution in [0.2, 0.25) is 0 Å². The molecule has 40 heavy (non-hydrogen) atoms. The Morgan fingerprint density at radius 2 is 0.900 bits per heavy atom. The summed E-state index contributed by atoms with van der Waals surface area (Å²) >= 11 is 0. The number of ether oxygens (including phenoxy) is 4. The molecule has 0 unspecified atom stereocenters. The topological polar surface area (TPSA) is 86.4 Å². The summed E-state index contributed by atoms with van der Waals surface area (Å²) in [6.45, 7) is 14.0. The molecular weight excluding hydrogens is 504 g/mol. The molecule has 0 bridgehead atoms. The van der Waals surface area contributed by atoms with Gasteiger partial charge in [-0.15, -0.1) is 0 Å². The van der Waals surface area contributed by atoms with Gasteiger partial charge in [0.05, 0.1) is 13.2 Å². The molecule has 0 saturated carbocycles. The average Bonchev–Trinajstić information content (AvgIpc) is 2.96. The molecule has 0 fully saturated rings. The van der Waals surface area contributed by atoms with Crippen molar-refractivity contribution in [1.82, 2.24) is 0 Å². The molecule has 0 N–H and O–H groups in total. The van der Waals surface area contributed by atoms with Crippen LogP contribution in [0.1, 0.15) is 52.7 Å². The summed E-state index contributed by atoms with van der Waals surface area (Å²) in [5.41, 5.74) is 2.08. The monoisotopic (exact) mass is 546 g/mol. The Morgan fingerprint density at radius 1 is 0.525 bits per heavy atom. The Balaban J connectivity index is 1.73. The predicted octanol–water partition coefficient (Wildman–Crippen LogP) is 5.90. The van der Waals surface area contributed by atoms with Crippen LogP contribution in [-0.2, 0) is 32.2 Å². The van der Waals surface area contributed by atoms with E-state index in [0.717, 1.165) is 11.1 Å². The van der Waals surface area contributed by atoms with Gasteiger partial charge in [0, 0.05) is 0 Å². The van der Waals surface area contributed by atoms with Gasteiger partial charge in [-0.2, -0.15) is 0 Å². The van der Waals surface area contributed by atoms with Crippen molar-refractivity contribution in [1.29, 1.82) is 0 Å². The fourth-order valence-corrected chi connectivity index (χ4v) is 4.60. The fourth-order valence-electron chi connectivity index (χ4n) is 4.60. The first kappa shape index (κ1) is 29.3. The minimum absolute atomic E-state index is 0.170. The van der Waals surface area contributed by atoms with E-state index in [9.17, 15) is 0 Å². The van der Waals surface area contributed by atoms with Crippen molar-refractivity contribution in [3.63, 3.8) is 0 Å². The van der Waals surface area contributed by atoms with Crippen molar-refractivity contribution in [2.45, 2.75) is 78.9 Å². The Hall–Kier alpha value is -3.68. The summed E-state index contributed by atoms with van der Waals surface area (Å²) in [6.07, 6.45) is 0. The van der Waals surface area contributed by atoms with Crippen LogP contribution < -0.4 is 0 Å². The first-order valence-electron chi connectivity index (χ1n) is 14.3. The minimum Gasteiger partial charge on any atom is -0.480 e. The molecule has 2 aromatic carbocycles. The molecule has 0 aromatic heterocycles. The lowest BCUT2D eigenvalue weighted by atomic mass is 9.98. The third-order valence-corrected chi connectivity index (χ3v) is 6.68. The van der Waals surface area contributed by atoms with E-state index in [0.29, 0.717) is 50.0 Å². The smallest absolute Gasteiger partial charge is 0.212 e. The lowest BCUT2D eigenvalue weighted by molar-refractivity contribution is 0.239. The van der Waals surface area contributed by atoms with Crippen molar-refractivity contribution in [2.24, 2.45) is 31.8 Å². The Morgan fingerprint density at radius 3 is 1.23 bits per heavy atom. The third-order valence-electron chi connectivity index (χ3n) is 6.68. The molecule has 8 heteroatoms. The van der Waals surface area contributed by atoms with Crippen LogP contribution in [0.25, 0.3) is 0 Å². The number of aliphatic imine (C=N–C) groups is 4. The standard InChI is InChI=1S/C32H42N4O4/c1-7-37-29-25(21(3)4)33-31(39-19-23-15-11-9-12-16-23)27(35-29)28-32(40-20-24-17-13-10-14-18-24)34-26(22(5)6)30(36-28)38-8-2/h9-18,21-22,25-28H,7-8,19-20H2,1-6H3/t25-,26-,27+,28+/m0/s1. The minimum atomic E-state index is -0.613. The fraction of sp³-hybridized carbons (Fsp3) is 0.500. The molecule has 214 valence electrons. The van der Waals surface area contributed by atoms with E-state index in [1.54, 1.807) is 0 Å². The Bertz CT molecular complexity index is 1110. The zero-order valence-electron chi connectivity index (χ0n) is 24.5. The van der Waals surface area contributed by atoms with Gasteiger partial charge in [0.1, 0.15) is 25.3 Å². The molecule has 0 saturated heterocycles. The molecule has 2 aromatic rings. The Kier molecular flexibility index (Phi) is 10.3. The second-order valence-electron chi connectivity index (χ2n) is 10.6. The molecular formula is C32H42N4O4. The lowest BCUT2D eigenvalue weighted by Crippen LogP contribution is -2.49. The van der Waals surface area contributed by atoms with Crippen LogP contribution in [0.3, 0.4) is 0 Å². The molecule has 2 aliphatic rings. The molecule has 0 radical (unpaired) electrons. The van der Waals surface area contributed by atoms with Crippen LogP contribution >= 0.6 is 0 Å². The Labute approximate surface area is 238 Å². The van der Waals surface area contributed by atoms with Crippen molar-refractivity contribution in [3.8, 4) is 0 Å². The number of rotatable bonds is 9. The van der Waals surface area contributed by atoms with E-state index in [4.69, 9.17) is 38.9 Å². The van der Waals surface area contributed by atoms with Crippen molar-refractivity contribution in [3.05, 3.63) is 71.8 Å². The maximum Gasteiger partial charge on any atom is 0.212 e. The summed E-state index contributed by atoms with van der Waals surface area (Å²) in [4.78, 5) is 20.3. The highest BCUT2D eigenvalue weighted by Gasteiger charge is 2.43. The molecule has 2 heterocycles. The lowest BCUT2D eigenvalue weighted by Gasteiger charge is -2.34. The maximum atomic E-state index is 6.39. The zero-order valence-corrected chi connectivity index (χ0v) is 24.5. The quantitative estimate of drug-likeness (QED) is 0.392. The summed E-state index contributed by atoms with van der Waals surface area (Å²) in [5, 5.41) is 0. The highest BCUT2D eigenvalue weighted by molar-refractivity contribution is 6.02. The summed E-state index contributed by atoms with van der Waals surface area (Å²) in [5.74, 6) is 2.49. The molecule has 0 spiro atoms. The number of hydrogen-bond donors (Lipinski definition) is 0. The van der Waals surface area contributed by atoms with Gasteiger partial charge in [-0.05, 0) is 36.8 Å². The van der Waals surface area contributed by atoms with Gasteiger partial charge in [-0.25, -0.2) is 20.0 Å². The summed E-state index contributed by atoms with van der Waals surface area (Å²) in [7, 11) is 0. The average molecular weight is 547 g/mol. The first-order chi connectivity index (χ1) is 19.4. The van der Waals surface area contributed by atoms with Crippen LogP contribution in [0.5, 0.6) is 0 Å². The van der Waals surface area contributed by atoms with E-state index in [2.05, 4.69) is 27.7 Å². The molecule has 0 amide bonds. The second-order valence-corrected chi connectivity index (χ2v) is 10.6. The molecule has 4 rings (SSSR count). The van der Waals surface area contributed by atoms with Crippen LogP contribution in [-0.4, -0.2) is 61.0 Å². The SMILES string of the molecule is CCOC1=N[C@H]([C@H]2N=C(OCC)[C@H](C(C)C)N=C2OCc2ccccc2)C(OCc2ccccc2)=N[C@H]1C(C)C. The van der Waals surface area contributed by atoms with Gasteiger partial charge < -0.3 is 18.9 Å². The van der Waals surface area contributed by atoms with Crippen LogP contribution in [0.15, 0.2) is 80.6 Å². The molecule has 2 aliphatic heterocycles.